The van der Waals surface area contributed by atoms with Crippen molar-refractivity contribution in [1.82, 2.24) is 10.2 Å². The summed E-state index contributed by atoms with van der Waals surface area (Å²) in [5.41, 5.74) is 1.20. The number of aliphatic imine (C=N–C) groups is 1. The molecule has 3 aromatic rings. The monoisotopic (exact) mass is 623 g/mol. The standard InChI is InChI=1S/C32H38BrN3O5/c1-36(2)18-7-17-34-31(38)32(22-25-9-4-5-12-28(25)33)29(24-10-6-11-27(21-24)39-3)41-30(35-32)23-13-15-26(16-14-23)40-20-8-19-37/h4-6,9-16,21,29,37H,7-8,17-20,22H2,1-3H3,(H,34,38)/t29-,32-/m1/s1. The number of carbonyl (C=O) groups excluding carboxylic acids is 1. The first-order chi connectivity index (χ1) is 19.9. The van der Waals surface area contributed by atoms with Gasteiger partial charge in [0.15, 0.2) is 11.6 Å². The normalized spacial score (nSPS) is 18.1. The average Bonchev–Trinajstić information content (AvgIpc) is 3.37. The molecular formula is C32H38BrN3O5. The zero-order chi connectivity index (χ0) is 29.2. The maximum Gasteiger partial charge on any atom is 0.252 e. The topological polar surface area (TPSA) is 92.6 Å². The SMILES string of the molecule is COc1cccc([C@H]2OC(c3ccc(OCCCO)cc3)=N[C@@]2(Cc2ccccc2Br)C(=O)NCCCN(C)C)c1. The summed E-state index contributed by atoms with van der Waals surface area (Å²) < 4.78 is 18.7. The summed E-state index contributed by atoms with van der Waals surface area (Å²) >= 11 is 3.67. The van der Waals surface area contributed by atoms with Crippen LogP contribution in [0.2, 0.25) is 0 Å². The molecular weight excluding hydrogens is 586 g/mol. The number of aliphatic hydroxyl groups is 1. The van der Waals surface area contributed by atoms with Gasteiger partial charge in [0.05, 0.1) is 13.7 Å². The first-order valence-electron chi connectivity index (χ1n) is 13.8. The minimum atomic E-state index is -1.28. The number of hydrogen-bond donors (Lipinski definition) is 2. The number of ether oxygens (including phenoxy) is 3. The molecule has 0 fully saturated rings. The van der Waals surface area contributed by atoms with Crippen molar-refractivity contribution in [3.63, 3.8) is 0 Å². The summed E-state index contributed by atoms with van der Waals surface area (Å²) in [5.74, 6) is 1.54. The molecule has 0 saturated carbocycles. The van der Waals surface area contributed by atoms with E-state index in [1.54, 1.807) is 7.11 Å². The van der Waals surface area contributed by atoms with E-state index in [1.807, 2.05) is 86.9 Å². The van der Waals surface area contributed by atoms with Crippen LogP contribution in [0.25, 0.3) is 0 Å². The zero-order valence-corrected chi connectivity index (χ0v) is 25.4. The van der Waals surface area contributed by atoms with Crippen molar-refractivity contribution in [1.29, 1.82) is 0 Å². The molecule has 2 N–H and O–H groups in total. The molecule has 0 bridgehead atoms. The first kappa shape index (κ1) is 30.6. The number of halogens is 1. The van der Waals surface area contributed by atoms with Crippen molar-refractivity contribution < 1.29 is 24.1 Å². The third kappa shape index (κ3) is 7.67. The number of rotatable bonds is 14. The lowest BCUT2D eigenvalue weighted by Gasteiger charge is -2.31. The van der Waals surface area contributed by atoms with Crippen molar-refractivity contribution in [2.24, 2.45) is 4.99 Å². The molecule has 0 aromatic heterocycles. The van der Waals surface area contributed by atoms with Crippen LogP contribution in [0.1, 0.15) is 35.6 Å². The Kier molecular flexibility index (Phi) is 10.8. The lowest BCUT2D eigenvalue weighted by atomic mass is 9.82. The maximum atomic E-state index is 14.2. The van der Waals surface area contributed by atoms with E-state index in [2.05, 4.69) is 26.1 Å². The van der Waals surface area contributed by atoms with Gasteiger partial charge >= 0.3 is 0 Å². The molecule has 1 aliphatic rings. The van der Waals surface area contributed by atoms with Gasteiger partial charge < -0.3 is 29.5 Å². The van der Waals surface area contributed by atoms with Gasteiger partial charge in [-0.3, -0.25) is 4.79 Å². The molecule has 0 spiro atoms. The number of methoxy groups -OCH3 is 1. The fraction of sp³-hybridized carbons (Fsp3) is 0.375. The number of nitrogens with zero attached hydrogens (tertiary/aromatic N) is 2. The molecule has 1 heterocycles. The third-order valence-corrected chi connectivity index (χ3v) is 7.69. The van der Waals surface area contributed by atoms with Crippen molar-refractivity contribution in [3.8, 4) is 11.5 Å². The van der Waals surface area contributed by atoms with Gasteiger partial charge in [-0.05, 0) is 80.7 Å². The molecule has 218 valence electrons. The van der Waals surface area contributed by atoms with Gasteiger partial charge in [-0.2, -0.15) is 0 Å². The second kappa shape index (κ2) is 14.5. The van der Waals surface area contributed by atoms with Crippen molar-refractivity contribution in [2.75, 3.05) is 47.5 Å². The summed E-state index contributed by atoms with van der Waals surface area (Å²) in [6.45, 7) is 1.87. The highest BCUT2D eigenvalue weighted by Crippen LogP contribution is 2.44. The Morgan fingerprint density at radius 3 is 2.56 bits per heavy atom. The van der Waals surface area contributed by atoms with Crippen LogP contribution in [0.4, 0.5) is 0 Å². The molecule has 41 heavy (non-hydrogen) atoms. The molecule has 0 radical (unpaired) electrons. The van der Waals surface area contributed by atoms with E-state index in [9.17, 15) is 4.79 Å². The molecule has 0 unspecified atom stereocenters. The van der Waals surface area contributed by atoms with E-state index in [4.69, 9.17) is 24.3 Å². The van der Waals surface area contributed by atoms with Crippen LogP contribution in [0, 0.1) is 0 Å². The first-order valence-corrected chi connectivity index (χ1v) is 14.6. The highest BCUT2D eigenvalue weighted by atomic mass is 79.9. The Labute approximate surface area is 250 Å². The van der Waals surface area contributed by atoms with Gasteiger partial charge in [0.1, 0.15) is 11.5 Å². The molecule has 8 nitrogen and oxygen atoms in total. The molecule has 2 atom stereocenters. The Morgan fingerprint density at radius 2 is 1.85 bits per heavy atom. The summed E-state index contributed by atoms with van der Waals surface area (Å²) in [4.78, 5) is 21.4. The zero-order valence-electron chi connectivity index (χ0n) is 23.8. The van der Waals surface area contributed by atoms with E-state index in [0.29, 0.717) is 43.4 Å². The van der Waals surface area contributed by atoms with E-state index >= 15 is 0 Å². The van der Waals surface area contributed by atoms with Crippen molar-refractivity contribution in [2.45, 2.75) is 30.9 Å². The lowest BCUT2D eigenvalue weighted by Crippen LogP contribution is -2.50. The van der Waals surface area contributed by atoms with Gasteiger partial charge in [-0.25, -0.2) is 4.99 Å². The quantitative estimate of drug-likeness (QED) is 0.251. The van der Waals surface area contributed by atoms with E-state index in [-0.39, 0.29) is 12.5 Å². The summed E-state index contributed by atoms with van der Waals surface area (Å²) in [6.07, 6.45) is 0.986. The number of aliphatic hydroxyl groups excluding tert-OH is 1. The molecule has 0 aliphatic carbocycles. The van der Waals surface area contributed by atoms with Crippen molar-refractivity contribution >= 4 is 27.7 Å². The van der Waals surface area contributed by atoms with Crippen LogP contribution in [0.3, 0.4) is 0 Å². The van der Waals surface area contributed by atoms with E-state index in [1.165, 1.54) is 0 Å². The minimum Gasteiger partial charge on any atom is -0.497 e. The molecule has 0 saturated heterocycles. The summed E-state index contributed by atoms with van der Waals surface area (Å²) in [5, 5.41) is 12.2. The van der Waals surface area contributed by atoms with Crippen molar-refractivity contribution in [3.05, 3.63) is 94.0 Å². The predicted octanol–water partition coefficient (Wildman–Crippen LogP) is 4.79. The highest BCUT2D eigenvalue weighted by Gasteiger charge is 2.53. The van der Waals surface area contributed by atoms with Crippen LogP contribution in [0.15, 0.2) is 82.3 Å². The van der Waals surface area contributed by atoms with Gasteiger partial charge in [-0.1, -0.05) is 46.3 Å². The predicted molar refractivity (Wildman–Crippen MR) is 164 cm³/mol. The minimum absolute atomic E-state index is 0.0746. The molecule has 1 amide bonds. The van der Waals surface area contributed by atoms with Crippen LogP contribution in [0.5, 0.6) is 11.5 Å². The van der Waals surface area contributed by atoms with Gasteiger partial charge in [0.25, 0.3) is 5.91 Å². The van der Waals surface area contributed by atoms with Gasteiger partial charge in [-0.15, -0.1) is 0 Å². The maximum absolute atomic E-state index is 14.2. The molecule has 9 heteroatoms. The Bertz CT molecular complexity index is 1330. The average molecular weight is 625 g/mol. The van der Waals surface area contributed by atoms with Crippen LogP contribution in [-0.4, -0.2) is 74.9 Å². The van der Waals surface area contributed by atoms with Crippen LogP contribution < -0.4 is 14.8 Å². The Hall–Kier alpha value is -3.40. The summed E-state index contributed by atoms with van der Waals surface area (Å²) in [6, 6.07) is 22.9. The number of hydrogen-bond acceptors (Lipinski definition) is 7. The second-order valence-corrected chi connectivity index (χ2v) is 11.1. The van der Waals surface area contributed by atoms with Crippen LogP contribution >= 0.6 is 15.9 Å². The Balaban J connectivity index is 1.76. The second-order valence-electron chi connectivity index (χ2n) is 10.2. The number of benzene rings is 3. The van der Waals surface area contributed by atoms with Gasteiger partial charge in [0.2, 0.25) is 5.90 Å². The third-order valence-electron chi connectivity index (χ3n) is 6.91. The molecule has 1 aliphatic heterocycles. The number of amides is 1. The Morgan fingerprint density at radius 1 is 1.07 bits per heavy atom. The highest BCUT2D eigenvalue weighted by molar-refractivity contribution is 9.10. The van der Waals surface area contributed by atoms with E-state index in [0.717, 1.165) is 34.1 Å². The molecule has 4 rings (SSSR count). The lowest BCUT2D eigenvalue weighted by molar-refractivity contribution is -0.128. The fourth-order valence-electron chi connectivity index (χ4n) is 4.77. The van der Waals surface area contributed by atoms with Gasteiger partial charge in [0, 0.05) is 36.0 Å². The smallest absolute Gasteiger partial charge is 0.252 e. The van der Waals surface area contributed by atoms with E-state index < -0.39 is 11.6 Å². The van der Waals surface area contributed by atoms with Crippen LogP contribution in [-0.2, 0) is 16.0 Å². The number of carbonyl (C=O) groups is 1. The number of nitrogens with one attached hydrogen (secondary N) is 1. The summed E-state index contributed by atoms with van der Waals surface area (Å²) in [7, 11) is 5.64. The largest absolute Gasteiger partial charge is 0.497 e. The molecule has 3 aromatic carbocycles. The fourth-order valence-corrected chi connectivity index (χ4v) is 5.19.